The molecule has 2 N–H and O–H groups in total. The van der Waals surface area contributed by atoms with E-state index in [1.54, 1.807) is 18.3 Å². The molecule has 3 rings (SSSR count). The second-order valence-electron chi connectivity index (χ2n) is 4.38. The number of aryl methyl sites for hydroxylation is 1. The van der Waals surface area contributed by atoms with Crippen LogP contribution in [-0.2, 0) is 0 Å². The molecule has 1 aromatic carbocycles. The molecule has 0 bridgehead atoms. The SMILES string of the molecule is Cc1sc(C(C)O)nc1-c1c[nH]c2ccccc12. The van der Waals surface area contributed by atoms with Gasteiger partial charge in [-0.15, -0.1) is 11.3 Å². The van der Waals surface area contributed by atoms with E-state index in [1.165, 1.54) is 5.39 Å². The quantitative estimate of drug-likeness (QED) is 0.737. The summed E-state index contributed by atoms with van der Waals surface area (Å²) in [4.78, 5) is 8.94. The minimum absolute atomic E-state index is 0.507. The third-order valence-corrected chi connectivity index (χ3v) is 4.16. The topological polar surface area (TPSA) is 48.9 Å². The second-order valence-corrected chi connectivity index (χ2v) is 5.62. The average molecular weight is 258 g/mol. The summed E-state index contributed by atoms with van der Waals surface area (Å²) in [5, 5.41) is 11.6. The van der Waals surface area contributed by atoms with Gasteiger partial charge in [-0.2, -0.15) is 0 Å². The number of aromatic nitrogens is 2. The molecule has 2 heterocycles. The van der Waals surface area contributed by atoms with Gasteiger partial charge < -0.3 is 10.1 Å². The predicted molar refractivity (Wildman–Crippen MR) is 74.8 cm³/mol. The summed E-state index contributed by atoms with van der Waals surface area (Å²) in [7, 11) is 0. The molecule has 0 aliphatic heterocycles. The van der Waals surface area contributed by atoms with Crippen molar-refractivity contribution in [2.24, 2.45) is 0 Å². The van der Waals surface area contributed by atoms with Crippen molar-refractivity contribution in [1.29, 1.82) is 0 Å². The number of hydrogen-bond acceptors (Lipinski definition) is 3. The van der Waals surface area contributed by atoms with Crippen LogP contribution in [0.5, 0.6) is 0 Å². The van der Waals surface area contributed by atoms with Gasteiger partial charge in [-0.05, 0) is 19.9 Å². The van der Waals surface area contributed by atoms with E-state index in [2.05, 4.69) is 22.1 Å². The molecular weight excluding hydrogens is 244 g/mol. The number of aliphatic hydroxyl groups excluding tert-OH is 1. The van der Waals surface area contributed by atoms with Crippen LogP contribution >= 0.6 is 11.3 Å². The van der Waals surface area contributed by atoms with Crippen LogP contribution in [0.25, 0.3) is 22.2 Å². The Kier molecular flexibility index (Phi) is 2.69. The van der Waals surface area contributed by atoms with Gasteiger partial charge in [0.25, 0.3) is 0 Å². The maximum absolute atomic E-state index is 9.61. The molecular formula is C14H14N2OS. The number of aromatic amines is 1. The third-order valence-electron chi connectivity index (χ3n) is 3.01. The largest absolute Gasteiger partial charge is 0.386 e. The highest BCUT2D eigenvalue weighted by Gasteiger charge is 2.15. The van der Waals surface area contributed by atoms with Gasteiger partial charge >= 0.3 is 0 Å². The van der Waals surface area contributed by atoms with Crippen LogP contribution < -0.4 is 0 Å². The van der Waals surface area contributed by atoms with Gasteiger partial charge in [0.2, 0.25) is 0 Å². The Bertz CT molecular complexity index is 697. The van der Waals surface area contributed by atoms with Crippen LogP contribution in [0.4, 0.5) is 0 Å². The molecule has 0 aliphatic rings. The lowest BCUT2D eigenvalue weighted by Crippen LogP contribution is -1.88. The van der Waals surface area contributed by atoms with Crippen molar-refractivity contribution < 1.29 is 5.11 Å². The minimum Gasteiger partial charge on any atom is -0.386 e. The number of fused-ring (bicyclic) bond motifs is 1. The third kappa shape index (κ3) is 1.74. The van der Waals surface area contributed by atoms with Crippen LogP contribution in [-0.4, -0.2) is 15.1 Å². The maximum Gasteiger partial charge on any atom is 0.122 e. The second kappa shape index (κ2) is 4.23. The normalized spacial score (nSPS) is 13.1. The molecule has 18 heavy (non-hydrogen) atoms. The van der Waals surface area contributed by atoms with Crippen molar-refractivity contribution in [3.8, 4) is 11.3 Å². The molecule has 0 spiro atoms. The Balaban J connectivity index is 2.20. The van der Waals surface area contributed by atoms with Crippen molar-refractivity contribution in [3.05, 3.63) is 40.3 Å². The number of nitrogens with one attached hydrogen (secondary N) is 1. The number of rotatable bonds is 2. The number of aliphatic hydroxyl groups is 1. The number of benzene rings is 1. The van der Waals surface area contributed by atoms with E-state index in [-0.39, 0.29) is 0 Å². The van der Waals surface area contributed by atoms with Crippen molar-refractivity contribution in [2.75, 3.05) is 0 Å². The summed E-state index contributed by atoms with van der Waals surface area (Å²) in [6.45, 7) is 3.79. The van der Waals surface area contributed by atoms with Gasteiger partial charge in [-0.25, -0.2) is 4.98 Å². The van der Waals surface area contributed by atoms with E-state index in [9.17, 15) is 5.11 Å². The highest BCUT2D eigenvalue weighted by atomic mass is 32.1. The maximum atomic E-state index is 9.61. The van der Waals surface area contributed by atoms with Gasteiger partial charge in [0.1, 0.15) is 11.1 Å². The monoisotopic (exact) mass is 258 g/mol. The molecule has 0 amide bonds. The zero-order valence-electron chi connectivity index (χ0n) is 10.3. The number of H-pyrrole nitrogens is 1. The van der Waals surface area contributed by atoms with E-state index in [0.717, 1.165) is 26.7 Å². The Morgan fingerprint density at radius 3 is 2.83 bits per heavy atom. The van der Waals surface area contributed by atoms with E-state index in [4.69, 9.17) is 0 Å². The number of para-hydroxylation sites is 1. The summed E-state index contributed by atoms with van der Waals surface area (Å²) < 4.78 is 0. The standard InChI is InChI=1S/C14H14N2OS/c1-8(17)14-16-13(9(2)18-14)11-7-15-12-6-4-3-5-10(11)12/h3-8,15,17H,1-2H3. The van der Waals surface area contributed by atoms with Gasteiger partial charge in [0, 0.05) is 27.5 Å². The zero-order chi connectivity index (χ0) is 12.7. The lowest BCUT2D eigenvalue weighted by molar-refractivity contribution is 0.199. The molecule has 3 nitrogen and oxygen atoms in total. The summed E-state index contributed by atoms with van der Waals surface area (Å²) in [5.74, 6) is 0. The van der Waals surface area contributed by atoms with Crippen LogP contribution in [0.1, 0.15) is 22.9 Å². The lowest BCUT2D eigenvalue weighted by Gasteiger charge is -1.97. The van der Waals surface area contributed by atoms with Crippen molar-refractivity contribution in [2.45, 2.75) is 20.0 Å². The molecule has 0 saturated carbocycles. The molecule has 1 atom stereocenters. The van der Waals surface area contributed by atoms with E-state index in [1.807, 2.05) is 25.3 Å². The Morgan fingerprint density at radius 1 is 1.33 bits per heavy atom. The summed E-state index contributed by atoms with van der Waals surface area (Å²) >= 11 is 1.55. The fraction of sp³-hybridized carbons (Fsp3) is 0.214. The number of nitrogens with zero attached hydrogens (tertiary/aromatic N) is 1. The Labute approximate surface area is 109 Å². The molecule has 0 saturated heterocycles. The molecule has 92 valence electrons. The van der Waals surface area contributed by atoms with Gasteiger partial charge in [-0.1, -0.05) is 18.2 Å². The average Bonchev–Trinajstić information content (AvgIpc) is 2.92. The van der Waals surface area contributed by atoms with Crippen LogP contribution in [0, 0.1) is 6.92 Å². The number of hydrogen-bond donors (Lipinski definition) is 2. The van der Waals surface area contributed by atoms with E-state index in [0.29, 0.717) is 0 Å². The highest BCUT2D eigenvalue weighted by Crippen LogP contribution is 2.34. The molecule has 0 fully saturated rings. The molecule has 0 aliphatic carbocycles. The van der Waals surface area contributed by atoms with Gasteiger partial charge in [0.05, 0.1) is 5.69 Å². The minimum atomic E-state index is -0.507. The van der Waals surface area contributed by atoms with Crippen LogP contribution in [0.2, 0.25) is 0 Å². The van der Waals surface area contributed by atoms with Crippen molar-refractivity contribution in [1.82, 2.24) is 9.97 Å². The Hall–Kier alpha value is -1.65. The first-order valence-corrected chi connectivity index (χ1v) is 6.70. The molecule has 2 aromatic heterocycles. The molecule has 3 aromatic rings. The molecule has 1 unspecified atom stereocenters. The fourth-order valence-electron chi connectivity index (χ4n) is 2.11. The van der Waals surface area contributed by atoms with Gasteiger partial charge in [0.15, 0.2) is 0 Å². The first kappa shape index (κ1) is 11.4. The Morgan fingerprint density at radius 2 is 2.11 bits per heavy atom. The smallest absolute Gasteiger partial charge is 0.122 e. The first-order chi connectivity index (χ1) is 8.66. The van der Waals surface area contributed by atoms with Crippen LogP contribution in [0.15, 0.2) is 30.5 Å². The number of thiazole rings is 1. The summed E-state index contributed by atoms with van der Waals surface area (Å²) in [6, 6.07) is 8.17. The highest BCUT2D eigenvalue weighted by molar-refractivity contribution is 7.12. The molecule has 4 heteroatoms. The summed E-state index contributed by atoms with van der Waals surface area (Å²) in [5.41, 5.74) is 3.18. The van der Waals surface area contributed by atoms with Crippen molar-refractivity contribution in [3.63, 3.8) is 0 Å². The fourth-order valence-corrected chi connectivity index (χ4v) is 2.99. The van der Waals surface area contributed by atoms with Crippen molar-refractivity contribution >= 4 is 22.2 Å². The lowest BCUT2D eigenvalue weighted by atomic mass is 10.1. The van der Waals surface area contributed by atoms with E-state index >= 15 is 0 Å². The molecule has 0 radical (unpaired) electrons. The van der Waals surface area contributed by atoms with Gasteiger partial charge in [-0.3, -0.25) is 0 Å². The van der Waals surface area contributed by atoms with Crippen LogP contribution in [0.3, 0.4) is 0 Å². The summed E-state index contributed by atoms with van der Waals surface area (Å²) in [6.07, 6.45) is 1.48. The van der Waals surface area contributed by atoms with E-state index < -0.39 is 6.10 Å². The zero-order valence-corrected chi connectivity index (χ0v) is 11.1. The first-order valence-electron chi connectivity index (χ1n) is 5.88. The predicted octanol–water partition coefficient (Wildman–Crippen LogP) is 3.65.